The van der Waals surface area contributed by atoms with Gasteiger partial charge in [0.25, 0.3) is 0 Å². The fourth-order valence-corrected chi connectivity index (χ4v) is 5.68. The molecule has 4 rings (SSSR count). The molecule has 5 atom stereocenters. The summed E-state index contributed by atoms with van der Waals surface area (Å²) in [6.45, 7) is 6.56. The van der Waals surface area contributed by atoms with Crippen molar-refractivity contribution in [3.63, 3.8) is 0 Å². The number of oxime groups is 1. The topological polar surface area (TPSA) is 82.3 Å². The van der Waals surface area contributed by atoms with Crippen LogP contribution in [-0.4, -0.2) is 39.8 Å². The van der Waals surface area contributed by atoms with Crippen molar-refractivity contribution >= 4 is 5.71 Å². The van der Waals surface area contributed by atoms with E-state index in [9.17, 15) is 15.3 Å². The fourth-order valence-electron chi connectivity index (χ4n) is 5.68. The second-order valence-corrected chi connectivity index (χ2v) is 9.27. The first-order chi connectivity index (χ1) is 12.8. The van der Waals surface area contributed by atoms with Crippen LogP contribution < -0.4 is 0 Å². The third kappa shape index (κ3) is 2.75. The van der Waals surface area contributed by atoms with Gasteiger partial charge in [0.05, 0.1) is 12.7 Å². The predicted octanol–water partition coefficient (Wildman–Crippen LogP) is 2.66. The van der Waals surface area contributed by atoms with Crippen molar-refractivity contribution in [3.05, 3.63) is 47.0 Å². The number of hydrogen-bond donors (Lipinski definition) is 3. The molecule has 0 spiro atoms. The second-order valence-electron chi connectivity index (χ2n) is 9.27. The molecule has 3 aliphatic rings. The van der Waals surface area contributed by atoms with E-state index in [-0.39, 0.29) is 23.9 Å². The Hall–Kier alpha value is -1.69. The summed E-state index contributed by atoms with van der Waals surface area (Å²) in [6.07, 6.45) is 0.424. The molecule has 3 N–H and O–H groups in total. The summed E-state index contributed by atoms with van der Waals surface area (Å²) in [5.41, 5.74) is 2.49. The van der Waals surface area contributed by atoms with E-state index in [4.69, 9.17) is 4.84 Å². The molecule has 5 nitrogen and oxygen atoms in total. The molecule has 0 aromatic heterocycles. The highest BCUT2D eigenvalue weighted by Gasteiger charge is 2.66. The summed E-state index contributed by atoms with van der Waals surface area (Å²) in [7, 11) is 0. The van der Waals surface area contributed by atoms with E-state index in [1.54, 1.807) is 0 Å². The lowest BCUT2D eigenvalue weighted by Gasteiger charge is -2.57. The molecule has 0 saturated heterocycles. The van der Waals surface area contributed by atoms with Gasteiger partial charge in [0.2, 0.25) is 0 Å². The van der Waals surface area contributed by atoms with Gasteiger partial charge in [0.1, 0.15) is 18.4 Å². The van der Waals surface area contributed by atoms with Crippen LogP contribution in [0, 0.1) is 22.7 Å². The minimum absolute atomic E-state index is 0.0670. The largest absolute Gasteiger partial charge is 0.392 e. The molecule has 0 unspecified atom stereocenters. The number of hydrogen-bond acceptors (Lipinski definition) is 5. The van der Waals surface area contributed by atoms with Crippen molar-refractivity contribution in [1.82, 2.24) is 0 Å². The van der Waals surface area contributed by atoms with Crippen LogP contribution in [0.3, 0.4) is 0 Å². The van der Waals surface area contributed by atoms with Crippen LogP contribution in [0.4, 0.5) is 0 Å². The summed E-state index contributed by atoms with van der Waals surface area (Å²) in [4.78, 5) is 5.50. The minimum atomic E-state index is -0.737. The first-order valence-corrected chi connectivity index (χ1v) is 9.74. The van der Waals surface area contributed by atoms with Gasteiger partial charge in [0, 0.05) is 5.41 Å². The van der Waals surface area contributed by atoms with E-state index >= 15 is 0 Å². The van der Waals surface area contributed by atoms with Crippen LogP contribution in [0.15, 0.2) is 46.6 Å². The van der Waals surface area contributed by atoms with Gasteiger partial charge in [-0.25, -0.2) is 0 Å². The van der Waals surface area contributed by atoms with Crippen LogP contribution in [0.2, 0.25) is 0 Å². The average Bonchev–Trinajstić information content (AvgIpc) is 2.99. The van der Waals surface area contributed by atoms with Gasteiger partial charge in [-0.15, -0.1) is 0 Å². The Balaban J connectivity index is 1.64. The maximum absolute atomic E-state index is 11.0. The Morgan fingerprint density at radius 1 is 1.11 bits per heavy atom. The van der Waals surface area contributed by atoms with E-state index < -0.39 is 17.6 Å². The summed E-state index contributed by atoms with van der Waals surface area (Å²) >= 11 is 0. The molecule has 2 fully saturated rings. The average molecular weight is 371 g/mol. The van der Waals surface area contributed by atoms with E-state index in [1.165, 1.54) is 0 Å². The lowest BCUT2D eigenvalue weighted by atomic mass is 9.48. The molecule has 146 valence electrons. The maximum Gasteiger partial charge on any atom is 0.142 e. The molecular formula is C22H29NO4. The van der Waals surface area contributed by atoms with Crippen LogP contribution in [0.25, 0.3) is 0 Å². The predicted molar refractivity (Wildman–Crippen MR) is 103 cm³/mol. The SMILES string of the molecule is CC1(C)C[C@H]2[C@H](O)C(CO)=C3/C(=N/OCc4ccccc4)[C@@H](O)[C@]3(C)[C@H]2C1. The van der Waals surface area contributed by atoms with Gasteiger partial charge < -0.3 is 20.2 Å². The quantitative estimate of drug-likeness (QED) is 0.711. The second kappa shape index (κ2) is 6.43. The monoisotopic (exact) mass is 371 g/mol. The molecule has 5 heteroatoms. The van der Waals surface area contributed by atoms with E-state index in [2.05, 4.69) is 19.0 Å². The zero-order valence-corrected chi connectivity index (χ0v) is 16.2. The summed E-state index contributed by atoms with van der Waals surface area (Å²) in [6, 6.07) is 9.72. The van der Waals surface area contributed by atoms with Gasteiger partial charge >= 0.3 is 0 Å². The van der Waals surface area contributed by atoms with Crippen molar-refractivity contribution in [2.75, 3.05) is 6.61 Å². The number of aliphatic hydroxyl groups excluding tert-OH is 3. The molecule has 1 aromatic carbocycles. The molecule has 27 heavy (non-hydrogen) atoms. The number of fused-ring (bicyclic) bond motifs is 3. The lowest BCUT2D eigenvalue weighted by molar-refractivity contribution is -0.0272. The Morgan fingerprint density at radius 2 is 1.81 bits per heavy atom. The van der Waals surface area contributed by atoms with Gasteiger partial charge in [0.15, 0.2) is 0 Å². The smallest absolute Gasteiger partial charge is 0.142 e. The van der Waals surface area contributed by atoms with Crippen molar-refractivity contribution in [2.24, 2.45) is 27.8 Å². The molecule has 1 aromatic rings. The third-order valence-corrected chi connectivity index (χ3v) is 6.96. The molecule has 0 bridgehead atoms. The number of rotatable bonds is 4. The van der Waals surface area contributed by atoms with Crippen LogP contribution in [-0.2, 0) is 11.4 Å². The number of benzene rings is 1. The van der Waals surface area contributed by atoms with Crippen molar-refractivity contribution < 1.29 is 20.2 Å². The normalized spacial score (nSPS) is 38.4. The van der Waals surface area contributed by atoms with Gasteiger partial charge in [-0.05, 0) is 46.8 Å². The zero-order chi connectivity index (χ0) is 19.4. The van der Waals surface area contributed by atoms with Gasteiger partial charge in [-0.2, -0.15) is 0 Å². The summed E-state index contributed by atoms with van der Waals surface area (Å²) in [5, 5.41) is 36.1. The van der Waals surface area contributed by atoms with E-state index in [0.29, 0.717) is 17.9 Å². The Morgan fingerprint density at radius 3 is 2.48 bits per heavy atom. The van der Waals surface area contributed by atoms with Gasteiger partial charge in [-0.3, -0.25) is 0 Å². The fraction of sp³-hybridized carbons (Fsp3) is 0.591. The van der Waals surface area contributed by atoms with E-state index in [1.807, 2.05) is 37.3 Å². The zero-order valence-electron chi connectivity index (χ0n) is 16.2. The highest BCUT2D eigenvalue weighted by Crippen LogP contribution is 2.65. The molecule has 0 amide bonds. The maximum atomic E-state index is 11.0. The summed E-state index contributed by atoms with van der Waals surface area (Å²) < 4.78 is 0. The van der Waals surface area contributed by atoms with Crippen molar-refractivity contribution in [2.45, 2.75) is 52.4 Å². The van der Waals surface area contributed by atoms with Crippen molar-refractivity contribution in [3.8, 4) is 0 Å². The standard InChI is InChI=1S/C22H29NO4/c1-21(2)9-14-16(10-21)22(3)17(15(11-24)19(14)25)18(20(22)26)23-27-12-13-7-5-4-6-8-13/h4-8,14,16,19-20,24-26H,9-12H2,1-3H3/b23-18-/t14-,16+,19+,20-,22-/m1/s1. The molecule has 3 aliphatic carbocycles. The van der Waals surface area contributed by atoms with Gasteiger partial charge in [-0.1, -0.05) is 56.3 Å². The van der Waals surface area contributed by atoms with Crippen LogP contribution in [0.1, 0.15) is 39.2 Å². The molecule has 0 aliphatic heterocycles. The number of nitrogens with zero attached hydrogens (tertiary/aromatic N) is 1. The summed E-state index contributed by atoms with van der Waals surface area (Å²) in [5.74, 6) is 0.244. The molecular weight excluding hydrogens is 342 g/mol. The first kappa shape index (κ1) is 18.7. The highest BCUT2D eigenvalue weighted by atomic mass is 16.6. The first-order valence-electron chi connectivity index (χ1n) is 9.74. The van der Waals surface area contributed by atoms with Crippen molar-refractivity contribution in [1.29, 1.82) is 0 Å². The Kier molecular flexibility index (Phi) is 4.45. The molecule has 0 radical (unpaired) electrons. The Bertz CT molecular complexity index is 785. The lowest BCUT2D eigenvalue weighted by Crippen LogP contribution is -2.63. The van der Waals surface area contributed by atoms with E-state index in [0.717, 1.165) is 24.0 Å². The Labute approximate surface area is 160 Å². The number of aliphatic hydroxyl groups is 3. The van der Waals surface area contributed by atoms with Crippen LogP contribution >= 0.6 is 0 Å². The molecule has 0 heterocycles. The molecule has 2 saturated carbocycles. The minimum Gasteiger partial charge on any atom is -0.392 e. The highest BCUT2D eigenvalue weighted by molar-refractivity contribution is 6.13. The third-order valence-electron chi connectivity index (χ3n) is 6.96. The van der Waals surface area contributed by atoms with Crippen LogP contribution in [0.5, 0.6) is 0 Å².